The van der Waals surface area contributed by atoms with E-state index in [4.69, 9.17) is 4.52 Å². The minimum absolute atomic E-state index is 0.0752. The SMILES string of the molecule is CC(NCCc1ccccc1F)c1nc(Cc2ccccc2)no1. The van der Waals surface area contributed by atoms with Crippen LogP contribution in [0.1, 0.15) is 35.8 Å². The Morgan fingerprint density at radius 2 is 1.83 bits per heavy atom. The second-order valence-corrected chi connectivity index (χ2v) is 5.73. The van der Waals surface area contributed by atoms with Gasteiger partial charge in [0.15, 0.2) is 5.82 Å². The van der Waals surface area contributed by atoms with Gasteiger partial charge in [-0.25, -0.2) is 4.39 Å². The quantitative estimate of drug-likeness (QED) is 0.720. The number of benzene rings is 2. The van der Waals surface area contributed by atoms with E-state index in [0.29, 0.717) is 36.7 Å². The molecular weight excluding hydrogens is 305 g/mol. The fraction of sp³-hybridized carbons (Fsp3) is 0.263. The minimum atomic E-state index is -0.171. The molecule has 1 atom stereocenters. The predicted octanol–water partition coefficient (Wildman–Crippen LogP) is 3.69. The topological polar surface area (TPSA) is 51.0 Å². The predicted molar refractivity (Wildman–Crippen MR) is 90.1 cm³/mol. The van der Waals surface area contributed by atoms with Gasteiger partial charge in [-0.2, -0.15) is 4.98 Å². The molecule has 1 heterocycles. The van der Waals surface area contributed by atoms with Gasteiger partial charge in [-0.05, 0) is 30.5 Å². The van der Waals surface area contributed by atoms with Crippen LogP contribution in [0.15, 0.2) is 59.1 Å². The van der Waals surface area contributed by atoms with Crippen LogP contribution in [0.4, 0.5) is 4.39 Å². The molecule has 4 nitrogen and oxygen atoms in total. The highest BCUT2D eigenvalue weighted by molar-refractivity contribution is 5.19. The molecule has 124 valence electrons. The molecule has 5 heteroatoms. The second-order valence-electron chi connectivity index (χ2n) is 5.73. The van der Waals surface area contributed by atoms with Crippen molar-refractivity contribution in [2.75, 3.05) is 6.54 Å². The van der Waals surface area contributed by atoms with E-state index in [9.17, 15) is 4.39 Å². The van der Waals surface area contributed by atoms with Gasteiger partial charge in [-0.15, -0.1) is 0 Å². The van der Waals surface area contributed by atoms with Gasteiger partial charge in [-0.1, -0.05) is 53.7 Å². The fourth-order valence-electron chi connectivity index (χ4n) is 2.51. The molecule has 0 amide bonds. The zero-order chi connectivity index (χ0) is 16.8. The lowest BCUT2D eigenvalue weighted by molar-refractivity contribution is 0.337. The summed E-state index contributed by atoms with van der Waals surface area (Å²) in [7, 11) is 0. The first-order valence-electron chi connectivity index (χ1n) is 8.05. The molecule has 3 rings (SSSR count). The monoisotopic (exact) mass is 325 g/mol. The summed E-state index contributed by atoms with van der Waals surface area (Å²) in [4.78, 5) is 4.43. The Hall–Kier alpha value is -2.53. The number of aromatic nitrogens is 2. The van der Waals surface area contributed by atoms with Crippen LogP contribution in [0.3, 0.4) is 0 Å². The van der Waals surface area contributed by atoms with Crippen LogP contribution in [0.25, 0.3) is 0 Å². The molecule has 0 saturated heterocycles. The zero-order valence-electron chi connectivity index (χ0n) is 13.6. The first kappa shape index (κ1) is 16.3. The summed E-state index contributed by atoms with van der Waals surface area (Å²) < 4.78 is 18.9. The molecule has 0 aliphatic rings. The highest BCUT2D eigenvalue weighted by Gasteiger charge is 2.14. The molecule has 1 N–H and O–H groups in total. The molecule has 0 radical (unpaired) electrons. The average molecular weight is 325 g/mol. The minimum Gasteiger partial charge on any atom is -0.338 e. The normalized spacial score (nSPS) is 12.2. The first-order chi connectivity index (χ1) is 11.7. The highest BCUT2D eigenvalue weighted by Crippen LogP contribution is 2.13. The second kappa shape index (κ2) is 7.84. The van der Waals surface area contributed by atoms with Crippen molar-refractivity contribution >= 4 is 0 Å². The average Bonchev–Trinajstić information content (AvgIpc) is 3.06. The van der Waals surface area contributed by atoms with Gasteiger partial charge >= 0.3 is 0 Å². The van der Waals surface area contributed by atoms with Crippen molar-refractivity contribution in [3.8, 4) is 0 Å². The summed E-state index contributed by atoms with van der Waals surface area (Å²) in [5.74, 6) is 1.04. The summed E-state index contributed by atoms with van der Waals surface area (Å²) in [5.41, 5.74) is 1.84. The van der Waals surface area contributed by atoms with Gasteiger partial charge in [0.05, 0.1) is 6.04 Å². The van der Waals surface area contributed by atoms with Crippen molar-refractivity contribution in [3.63, 3.8) is 0 Å². The summed E-state index contributed by atoms with van der Waals surface area (Å²) in [5, 5.41) is 7.32. The molecule has 0 spiro atoms. The van der Waals surface area contributed by atoms with Gasteiger partial charge in [0.1, 0.15) is 5.82 Å². The zero-order valence-corrected chi connectivity index (χ0v) is 13.6. The lowest BCUT2D eigenvalue weighted by Crippen LogP contribution is -2.22. The molecule has 3 aromatic rings. The Kier molecular flexibility index (Phi) is 5.33. The van der Waals surface area contributed by atoms with Crippen LogP contribution in [0, 0.1) is 5.82 Å². The summed E-state index contributed by atoms with van der Waals surface area (Å²) >= 11 is 0. The lowest BCUT2D eigenvalue weighted by atomic mass is 10.1. The molecule has 1 aromatic heterocycles. The van der Waals surface area contributed by atoms with E-state index < -0.39 is 0 Å². The lowest BCUT2D eigenvalue weighted by Gasteiger charge is -2.09. The van der Waals surface area contributed by atoms with Crippen molar-refractivity contribution in [1.29, 1.82) is 0 Å². The van der Waals surface area contributed by atoms with Gasteiger partial charge in [-0.3, -0.25) is 0 Å². The number of nitrogens with zero attached hydrogens (tertiary/aromatic N) is 2. The van der Waals surface area contributed by atoms with Crippen LogP contribution in [0.2, 0.25) is 0 Å². The van der Waals surface area contributed by atoms with E-state index in [1.165, 1.54) is 6.07 Å². The number of hydrogen-bond acceptors (Lipinski definition) is 4. The smallest absolute Gasteiger partial charge is 0.243 e. The summed E-state index contributed by atoms with van der Waals surface area (Å²) in [6, 6.07) is 16.8. The van der Waals surface area contributed by atoms with Crippen LogP contribution in [-0.4, -0.2) is 16.7 Å². The third kappa shape index (κ3) is 4.26. The van der Waals surface area contributed by atoms with E-state index in [1.54, 1.807) is 12.1 Å². The summed E-state index contributed by atoms with van der Waals surface area (Å²) in [6.07, 6.45) is 1.26. The standard InChI is InChI=1S/C19H20FN3O/c1-14(21-12-11-16-9-5-6-10-17(16)20)19-22-18(23-24-19)13-15-7-3-2-4-8-15/h2-10,14,21H,11-13H2,1H3. The van der Waals surface area contributed by atoms with Crippen molar-refractivity contribution in [2.24, 2.45) is 0 Å². The van der Waals surface area contributed by atoms with Crippen molar-refractivity contribution in [3.05, 3.63) is 83.3 Å². The van der Waals surface area contributed by atoms with Gasteiger partial charge < -0.3 is 9.84 Å². The maximum Gasteiger partial charge on any atom is 0.243 e. The van der Waals surface area contributed by atoms with E-state index in [2.05, 4.69) is 15.5 Å². The Morgan fingerprint density at radius 1 is 1.08 bits per heavy atom. The van der Waals surface area contributed by atoms with E-state index in [0.717, 1.165) is 5.56 Å². The Bertz CT molecular complexity index is 773. The third-order valence-corrected chi connectivity index (χ3v) is 3.86. The number of halogens is 1. The van der Waals surface area contributed by atoms with Crippen molar-refractivity contribution in [2.45, 2.75) is 25.8 Å². The fourth-order valence-corrected chi connectivity index (χ4v) is 2.51. The third-order valence-electron chi connectivity index (χ3n) is 3.86. The number of hydrogen-bond donors (Lipinski definition) is 1. The molecule has 0 aliphatic carbocycles. The largest absolute Gasteiger partial charge is 0.338 e. The molecule has 0 bridgehead atoms. The van der Waals surface area contributed by atoms with E-state index in [1.807, 2.05) is 43.3 Å². The molecular formula is C19H20FN3O. The molecule has 24 heavy (non-hydrogen) atoms. The Balaban J connectivity index is 1.52. The Labute approximate surface area is 140 Å². The van der Waals surface area contributed by atoms with Crippen molar-refractivity contribution < 1.29 is 8.91 Å². The molecule has 0 saturated carbocycles. The van der Waals surface area contributed by atoms with Crippen LogP contribution in [-0.2, 0) is 12.8 Å². The van der Waals surface area contributed by atoms with Crippen molar-refractivity contribution in [1.82, 2.24) is 15.5 Å². The van der Waals surface area contributed by atoms with Gasteiger partial charge in [0.25, 0.3) is 0 Å². The molecule has 0 aliphatic heterocycles. The molecule has 1 unspecified atom stereocenters. The molecule has 0 fully saturated rings. The summed E-state index contributed by atoms with van der Waals surface area (Å²) in [6.45, 7) is 2.60. The first-order valence-corrected chi connectivity index (χ1v) is 8.05. The van der Waals surface area contributed by atoms with Crippen LogP contribution < -0.4 is 5.32 Å². The Morgan fingerprint density at radius 3 is 2.62 bits per heavy atom. The van der Waals surface area contributed by atoms with Crippen LogP contribution >= 0.6 is 0 Å². The molecule has 2 aromatic carbocycles. The van der Waals surface area contributed by atoms with Gasteiger partial charge in [0, 0.05) is 13.0 Å². The number of rotatable bonds is 7. The van der Waals surface area contributed by atoms with Gasteiger partial charge in [0.2, 0.25) is 5.89 Å². The van der Waals surface area contributed by atoms with E-state index in [-0.39, 0.29) is 11.9 Å². The highest BCUT2D eigenvalue weighted by atomic mass is 19.1. The number of nitrogens with one attached hydrogen (secondary N) is 1. The van der Waals surface area contributed by atoms with E-state index >= 15 is 0 Å². The van der Waals surface area contributed by atoms with Crippen LogP contribution in [0.5, 0.6) is 0 Å². The maximum absolute atomic E-state index is 13.6. The maximum atomic E-state index is 13.6.